The fourth-order valence-corrected chi connectivity index (χ4v) is 6.34. The van der Waals surface area contributed by atoms with Gasteiger partial charge in [-0.05, 0) is 81.0 Å². The SMILES string of the molecule is Cc1cc(C)nc(SCC(=O)N(Cc2cccnc2)[C@H](C(=O)Nc2ccc(N3CCOCC3)cc2)[C@@H]2CC=CCC2)n1. The number of carbonyl (C=O) groups is 2. The van der Waals surface area contributed by atoms with E-state index in [1.54, 1.807) is 17.3 Å². The normalized spacial score (nSPS) is 17.5. The first-order chi connectivity index (χ1) is 20.5. The molecule has 3 heterocycles. The van der Waals surface area contributed by atoms with Crippen LogP contribution in [0.2, 0.25) is 0 Å². The summed E-state index contributed by atoms with van der Waals surface area (Å²) in [5.41, 5.74) is 4.40. The molecule has 1 aromatic carbocycles. The van der Waals surface area contributed by atoms with Crippen molar-refractivity contribution in [3.8, 4) is 0 Å². The fraction of sp³-hybridized carbons (Fsp3) is 0.406. The van der Waals surface area contributed by atoms with Crippen LogP contribution in [-0.2, 0) is 20.9 Å². The molecule has 42 heavy (non-hydrogen) atoms. The Morgan fingerprint density at radius 3 is 2.52 bits per heavy atom. The van der Waals surface area contributed by atoms with Crippen molar-refractivity contribution in [3.05, 3.63) is 84.0 Å². The summed E-state index contributed by atoms with van der Waals surface area (Å²) in [6.45, 7) is 7.24. The number of aromatic nitrogens is 3. The average Bonchev–Trinajstić information content (AvgIpc) is 3.01. The Balaban J connectivity index is 1.38. The van der Waals surface area contributed by atoms with Crippen molar-refractivity contribution in [2.45, 2.75) is 50.9 Å². The van der Waals surface area contributed by atoms with Gasteiger partial charge in [-0.15, -0.1) is 0 Å². The van der Waals surface area contributed by atoms with E-state index >= 15 is 0 Å². The molecular formula is C32H38N6O3S. The number of anilines is 2. The van der Waals surface area contributed by atoms with E-state index < -0.39 is 6.04 Å². The van der Waals surface area contributed by atoms with E-state index in [0.717, 1.165) is 55.0 Å². The van der Waals surface area contributed by atoms with E-state index in [9.17, 15) is 9.59 Å². The maximum atomic E-state index is 14.1. The number of pyridine rings is 1. The number of nitrogens with zero attached hydrogens (tertiary/aromatic N) is 5. The highest BCUT2D eigenvalue weighted by molar-refractivity contribution is 7.99. The molecule has 2 aliphatic rings. The van der Waals surface area contributed by atoms with Crippen molar-refractivity contribution in [2.24, 2.45) is 5.92 Å². The second kappa shape index (κ2) is 14.4. The number of aryl methyl sites for hydroxylation is 2. The zero-order valence-corrected chi connectivity index (χ0v) is 25.1. The third kappa shape index (κ3) is 7.95. The Labute approximate surface area is 251 Å². The second-order valence-electron chi connectivity index (χ2n) is 10.7. The quantitative estimate of drug-likeness (QED) is 0.205. The van der Waals surface area contributed by atoms with Gasteiger partial charge < -0.3 is 19.9 Å². The molecule has 220 valence electrons. The Kier molecular flexibility index (Phi) is 10.2. The molecule has 0 saturated carbocycles. The predicted molar refractivity (Wildman–Crippen MR) is 165 cm³/mol. The Bertz CT molecular complexity index is 1360. The monoisotopic (exact) mass is 586 g/mol. The topological polar surface area (TPSA) is 101 Å². The van der Waals surface area contributed by atoms with Gasteiger partial charge in [-0.3, -0.25) is 14.6 Å². The molecule has 9 nitrogen and oxygen atoms in total. The lowest BCUT2D eigenvalue weighted by Crippen LogP contribution is -2.51. The average molecular weight is 587 g/mol. The molecule has 0 unspecified atom stereocenters. The first-order valence-corrected chi connectivity index (χ1v) is 15.5. The summed E-state index contributed by atoms with van der Waals surface area (Å²) >= 11 is 1.30. The molecule has 0 radical (unpaired) electrons. The molecule has 1 fully saturated rings. The highest BCUT2D eigenvalue weighted by Crippen LogP contribution is 2.29. The molecule has 1 N–H and O–H groups in total. The van der Waals surface area contributed by atoms with Gasteiger partial charge in [0, 0.05) is 54.8 Å². The minimum atomic E-state index is -0.651. The van der Waals surface area contributed by atoms with Crippen LogP contribution in [0.1, 0.15) is 36.2 Å². The molecular weight excluding hydrogens is 548 g/mol. The van der Waals surface area contributed by atoms with Gasteiger partial charge >= 0.3 is 0 Å². The number of carbonyl (C=O) groups excluding carboxylic acids is 2. The van der Waals surface area contributed by atoms with E-state index in [1.807, 2.05) is 56.3 Å². The van der Waals surface area contributed by atoms with Crippen molar-refractivity contribution in [3.63, 3.8) is 0 Å². The summed E-state index contributed by atoms with van der Waals surface area (Å²) in [5.74, 6) is -0.196. The van der Waals surface area contributed by atoms with Gasteiger partial charge in [0.2, 0.25) is 11.8 Å². The van der Waals surface area contributed by atoms with E-state index in [-0.39, 0.29) is 30.0 Å². The van der Waals surface area contributed by atoms with Gasteiger partial charge in [0.25, 0.3) is 0 Å². The van der Waals surface area contributed by atoms with Crippen LogP contribution in [-0.4, -0.2) is 69.8 Å². The van der Waals surface area contributed by atoms with Crippen LogP contribution in [0.3, 0.4) is 0 Å². The van der Waals surface area contributed by atoms with Crippen LogP contribution < -0.4 is 10.2 Å². The number of rotatable bonds is 10. The molecule has 2 atom stereocenters. The third-order valence-corrected chi connectivity index (χ3v) is 8.39. The van der Waals surface area contributed by atoms with Crippen molar-refractivity contribution in [1.82, 2.24) is 19.9 Å². The molecule has 10 heteroatoms. The Hall–Kier alpha value is -3.76. The maximum Gasteiger partial charge on any atom is 0.247 e. The molecule has 1 saturated heterocycles. The van der Waals surface area contributed by atoms with Crippen molar-refractivity contribution in [1.29, 1.82) is 0 Å². The molecule has 5 rings (SSSR count). The number of allylic oxidation sites excluding steroid dienone is 2. The standard InChI is InChI=1S/C32H38N6O3S/c1-23-19-24(2)35-32(34-23)42-22-29(39)38(21-25-7-6-14-33-20-25)30(26-8-4-3-5-9-26)31(40)36-27-10-12-28(13-11-27)37-15-17-41-18-16-37/h3-4,6-7,10-14,19-20,26,30H,5,8-9,15-18,21-22H2,1-2H3,(H,36,40)/t26-,30+/m1/s1. The summed E-state index contributed by atoms with van der Waals surface area (Å²) in [6.07, 6.45) is 10.2. The number of amides is 2. The first kappa shape index (κ1) is 29.7. The second-order valence-corrected chi connectivity index (χ2v) is 11.7. The smallest absolute Gasteiger partial charge is 0.247 e. The van der Waals surface area contributed by atoms with Gasteiger partial charge in [0.1, 0.15) is 6.04 Å². The minimum absolute atomic E-state index is 0.00860. The highest BCUT2D eigenvalue weighted by atomic mass is 32.2. The first-order valence-electron chi connectivity index (χ1n) is 14.5. The summed E-state index contributed by atoms with van der Waals surface area (Å²) in [4.78, 5) is 45.3. The van der Waals surface area contributed by atoms with Gasteiger partial charge in [-0.2, -0.15) is 0 Å². The van der Waals surface area contributed by atoms with E-state index in [0.29, 0.717) is 24.1 Å². The number of hydrogen-bond donors (Lipinski definition) is 1. The third-order valence-electron chi connectivity index (χ3n) is 7.55. The van der Waals surface area contributed by atoms with Crippen molar-refractivity contribution < 1.29 is 14.3 Å². The van der Waals surface area contributed by atoms with Crippen molar-refractivity contribution in [2.75, 3.05) is 42.3 Å². The number of nitrogens with one attached hydrogen (secondary N) is 1. The zero-order valence-electron chi connectivity index (χ0n) is 24.2. The summed E-state index contributed by atoms with van der Waals surface area (Å²) < 4.78 is 5.47. The summed E-state index contributed by atoms with van der Waals surface area (Å²) in [6, 6.07) is 13.0. The number of ether oxygens (including phenoxy) is 1. The van der Waals surface area contributed by atoms with Gasteiger partial charge in [-0.1, -0.05) is 30.0 Å². The molecule has 2 amide bonds. The Morgan fingerprint density at radius 2 is 1.86 bits per heavy atom. The summed E-state index contributed by atoms with van der Waals surface area (Å²) in [7, 11) is 0. The Morgan fingerprint density at radius 1 is 1.10 bits per heavy atom. The summed E-state index contributed by atoms with van der Waals surface area (Å²) in [5, 5.41) is 3.69. The van der Waals surface area contributed by atoms with Gasteiger partial charge in [0.05, 0.1) is 19.0 Å². The van der Waals surface area contributed by atoms with Gasteiger partial charge in [-0.25, -0.2) is 9.97 Å². The van der Waals surface area contributed by atoms with Crippen LogP contribution in [0.5, 0.6) is 0 Å². The number of hydrogen-bond acceptors (Lipinski definition) is 8. The molecule has 0 bridgehead atoms. The predicted octanol–water partition coefficient (Wildman–Crippen LogP) is 4.81. The van der Waals surface area contributed by atoms with Gasteiger partial charge in [0.15, 0.2) is 5.16 Å². The highest BCUT2D eigenvalue weighted by Gasteiger charge is 2.36. The number of morpholine rings is 1. The van der Waals surface area contributed by atoms with E-state index in [1.165, 1.54) is 11.8 Å². The zero-order chi connectivity index (χ0) is 29.3. The molecule has 2 aromatic heterocycles. The molecule has 1 aliphatic heterocycles. The lowest BCUT2D eigenvalue weighted by molar-refractivity contribution is -0.139. The van der Waals surface area contributed by atoms with Crippen LogP contribution in [0, 0.1) is 19.8 Å². The molecule has 1 aliphatic carbocycles. The minimum Gasteiger partial charge on any atom is -0.378 e. The van der Waals surface area contributed by atoms with E-state index in [4.69, 9.17) is 4.74 Å². The fourth-order valence-electron chi connectivity index (χ4n) is 5.50. The van der Waals surface area contributed by atoms with Crippen LogP contribution in [0.4, 0.5) is 11.4 Å². The molecule has 0 spiro atoms. The van der Waals surface area contributed by atoms with Crippen LogP contribution in [0.25, 0.3) is 0 Å². The largest absolute Gasteiger partial charge is 0.378 e. The molecule has 3 aromatic rings. The van der Waals surface area contributed by atoms with Crippen LogP contribution >= 0.6 is 11.8 Å². The number of benzene rings is 1. The number of thioether (sulfide) groups is 1. The lowest BCUT2D eigenvalue weighted by Gasteiger charge is -2.37. The van der Waals surface area contributed by atoms with Crippen LogP contribution in [0.15, 0.2) is 72.2 Å². The van der Waals surface area contributed by atoms with Crippen molar-refractivity contribution >= 4 is 35.0 Å². The lowest BCUT2D eigenvalue weighted by atomic mass is 9.86. The maximum absolute atomic E-state index is 14.1. The van der Waals surface area contributed by atoms with E-state index in [2.05, 4.69) is 37.3 Å².